The van der Waals surface area contributed by atoms with E-state index in [1.54, 1.807) is 23.0 Å². The highest BCUT2D eigenvalue weighted by molar-refractivity contribution is 7.99. The summed E-state index contributed by atoms with van der Waals surface area (Å²) in [7, 11) is 0. The summed E-state index contributed by atoms with van der Waals surface area (Å²) in [5.41, 5.74) is 1.21. The molecule has 114 valence electrons. The number of aromatic nitrogens is 5. The van der Waals surface area contributed by atoms with Crippen molar-refractivity contribution in [2.75, 3.05) is 6.61 Å². The predicted octanol–water partition coefficient (Wildman–Crippen LogP) is 2.48. The van der Waals surface area contributed by atoms with Crippen LogP contribution in [0.5, 0.6) is 5.75 Å². The number of hydrogen-bond donors (Lipinski definition) is 0. The lowest BCUT2D eigenvalue weighted by Crippen LogP contribution is -2.03. The summed E-state index contributed by atoms with van der Waals surface area (Å²) < 4.78 is 7.19. The van der Waals surface area contributed by atoms with Crippen LogP contribution in [0.25, 0.3) is 5.69 Å². The maximum atomic E-state index is 9.17. The van der Waals surface area contributed by atoms with Gasteiger partial charge in [0.25, 0.3) is 0 Å². The lowest BCUT2D eigenvalue weighted by molar-refractivity contribution is 0.337. The lowest BCUT2D eigenvalue weighted by atomic mass is 10.3. The van der Waals surface area contributed by atoms with Gasteiger partial charge in [-0.1, -0.05) is 12.1 Å². The highest BCUT2D eigenvalue weighted by atomic mass is 32.2. The third-order valence-corrected chi connectivity index (χ3v) is 3.87. The molecule has 1 aromatic carbocycles. The third kappa shape index (κ3) is 3.14. The molecule has 0 aliphatic rings. The first-order chi connectivity index (χ1) is 11.3. The molecule has 0 bridgehead atoms. The van der Waals surface area contributed by atoms with Gasteiger partial charge in [0.05, 0.1) is 12.2 Å². The molecule has 0 saturated carbocycles. The molecule has 0 N–H and O–H groups in total. The fourth-order valence-electron chi connectivity index (χ4n) is 1.95. The monoisotopic (exact) mass is 324 g/mol. The van der Waals surface area contributed by atoms with Gasteiger partial charge in [0, 0.05) is 6.20 Å². The number of hydrogen-bond acceptors (Lipinski definition) is 7. The lowest BCUT2D eigenvalue weighted by Gasteiger charge is -2.10. The van der Waals surface area contributed by atoms with E-state index in [1.807, 2.05) is 31.2 Å². The molecule has 3 aromatic rings. The Balaban J connectivity index is 1.99. The Kier molecular flexibility index (Phi) is 4.49. The number of rotatable bonds is 5. The zero-order valence-corrected chi connectivity index (χ0v) is 13.1. The third-order valence-electron chi connectivity index (χ3n) is 2.91. The quantitative estimate of drug-likeness (QED) is 0.712. The van der Waals surface area contributed by atoms with Crippen LogP contribution in [0.1, 0.15) is 12.5 Å². The van der Waals surface area contributed by atoms with E-state index in [0.717, 1.165) is 5.69 Å². The van der Waals surface area contributed by atoms with Gasteiger partial charge in [0.2, 0.25) is 5.16 Å². The van der Waals surface area contributed by atoms with E-state index in [-0.39, 0.29) is 0 Å². The van der Waals surface area contributed by atoms with Gasteiger partial charge in [-0.05, 0) is 53.4 Å². The largest absolute Gasteiger partial charge is 0.492 e. The summed E-state index contributed by atoms with van der Waals surface area (Å²) in [6.07, 6.45) is 1.63. The highest BCUT2D eigenvalue weighted by Gasteiger charge is 2.16. The first-order valence-corrected chi connectivity index (χ1v) is 7.68. The van der Waals surface area contributed by atoms with Crippen molar-refractivity contribution in [2.45, 2.75) is 17.1 Å². The Bertz CT molecular complexity index is 857. The Hall–Kier alpha value is -2.92. The van der Waals surface area contributed by atoms with E-state index < -0.39 is 0 Å². The first-order valence-electron chi connectivity index (χ1n) is 6.87. The van der Waals surface area contributed by atoms with Crippen LogP contribution in [-0.2, 0) is 0 Å². The van der Waals surface area contributed by atoms with E-state index in [9.17, 15) is 0 Å². The van der Waals surface area contributed by atoms with Gasteiger partial charge < -0.3 is 4.74 Å². The van der Waals surface area contributed by atoms with Crippen molar-refractivity contribution in [3.05, 3.63) is 48.2 Å². The normalized spacial score (nSPS) is 10.3. The molecule has 0 unspecified atom stereocenters. The standard InChI is InChI=1S/C15H12N6OS/c1-2-22-13-8-4-3-7-12(13)21-15(18-19-20-21)23-14-11(10-16)6-5-9-17-14/h3-9H,2H2,1H3. The van der Waals surface area contributed by atoms with E-state index in [0.29, 0.717) is 28.1 Å². The number of nitriles is 1. The summed E-state index contributed by atoms with van der Waals surface area (Å²) in [6, 6.07) is 13.0. The van der Waals surface area contributed by atoms with E-state index in [2.05, 4.69) is 26.6 Å². The van der Waals surface area contributed by atoms with Crippen LogP contribution < -0.4 is 4.74 Å². The fourth-order valence-corrected chi connectivity index (χ4v) is 2.76. The van der Waals surface area contributed by atoms with Gasteiger partial charge in [-0.3, -0.25) is 0 Å². The molecule has 0 amide bonds. The summed E-state index contributed by atoms with van der Waals surface area (Å²) >= 11 is 1.23. The Morgan fingerprint density at radius 1 is 1.26 bits per heavy atom. The van der Waals surface area contributed by atoms with Crippen molar-refractivity contribution in [3.8, 4) is 17.5 Å². The molecular weight excluding hydrogens is 312 g/mol. The van der Waals surface area contributed by atoms with E-state index >= 15 is 0 Å². The summed E-state index contributed by atoms with van der Waals surface area (Å²) in [5, 5.41) is 22.0. The second-order valence-electron chi connectivity index (χ2n) is 4.34. The topological polar surface area (TPSA) is 89.5 Å². The van der Waals surface area contributed by atoms with Crippen LogP contribution in [0.4, 0.5) is 0 Å². The maximum absolute atomic E-state index is 9.17. The summed E-state index contributed by atoms with van der Waals surface area (Å²) in [4.78, 5) is 4.22. The van der Waals surface area contributed by atoms with Crippen LogP contribution in [0.3, 0.4) is 0 Å². The van der Waals surface area contributed by atoms with E-state index in [4.69, 9.17) is 10.00 Å². The minimum Gasteiger partial charge on any atom is -0.492 e. The van der Waals surface area contributed by atoms with E-state index in [1.165, 1.54) is 11.8 Å². The summed E-state index contributed by atoms with van der Waals surface area (Å²) in [6.45, 7) is 2.46. The number of ether oxygens (including phenoxy) is 1. The molecule has 0 spiro atoms. The molecule has 0 radical (unpaired) electrons. The number of pyridine rings is 1. The van der Waals surface area contributed by atoms with Crippen molar-refractivity contribution in [1.82, 2.24) is 25.2 Å². The van der Waals surface area contributed by atoms with Crippen molar-refractivity contribution in [2.24, 2.45) is 0 Å². The average Bonchev–Trinajstić information content (AvgIpc) is 3.04. The van der Waals surface area contributed by atoms with Crippen molar-refractivity contribution in [1.29, 1.82) is 5.26 Å². The molecule has 23 heavy (non-hydrogen) atoms. The molecule has 0 saturated heterocycles. The van der Waals surface area contributed by atoms with Gasteiger partial charge in [0.1, 0.15) is 22.5 Å². The zero-order chi connectivity index (χ0) is 16.1. The zero-order valence-electron chi connectivity index (χ0n) is 12.2. The highest BCUT2D eigenvalue weighted by Crippen LogP contribution is 2.30. The molecule has 8 heteroatoms. The van der Waals surface area contributed by atoms with Crippen LogP contribution in [0.2, 0.25) is 0 Å². The number of nitrogens with zero attached hydrogens (tertiary/aromatic N) is 6. The molecule has 0 atom stereocenters. The Morgan fingerprint density at radius 3 is 2.96 bits per heavy atom. The van der Waals surface area contributed by atoms with Gasteiger partial charge in [-0.2, -0.15) is 9.94 Å². The van der Waals surface area contributed by atoms with Crippen molar-refractivity contribution >= 4 is 11.8 Å². The molecule has 3 rings (SSSR count). The van der Waals surface area contributed by atoms with Gasteiger partial charge in [-0.15, -0.1) is 5.10 Å². The molecular formula is C15H12N6OS. The molecule has 0 fully saturated rings. The minimum atomic E-state index is 0.477. The number of para-hydroxylation sites is 2. The number of benzene rings is 1. The summed E-state index contributed by atoms with van der Waals surface area (Å²) in [5.74, 6) is 0.686. The molecule has 0 aliphatic carbocycles. The Morgan fingerprint density at radius 2 is 2.13 bits per heavy atom. The molecule has 2 aromatic heterocycles. The van der Waals surface area contributed by atoms with Gasteiger partial charge in [-0.25, -0.2) is 4.98 Å². The Labute approximate surface area is 136 Å². The van der Waals surface area contributed by atoms with Gasteiger partial charge >= 0.3 is 0 Å². The average molecular weight is 324 g/mol. The predicted molar refractivity (Wildman–Crippen MR) is 83.4 cm³/mol. The van der Waals surface area contributed by atoms with Crippen LogP contribution >= 0.6 is 11.8 Å². The molecule has 0 aliphatic heterocycles. The molecule has 7 nitrogen and oxygen atoms in total. The smallest absolute Gasteiger partial charge is 0.220 e. The minimum absolute atomic E-state index is 0.477. The SMILES string of the molecule is CCOc1ccccc1-n1nnnc1Sc1ncccc1C#N. The maximum Gasteiger partial charge on any atom is 0.220 e. The second kappa shape index (κ2) is 6.89. The van der Waals surface area contributed by atoms with Crippen molar-refractivity contribution < 1.29 is 4.74 Å². The van der Waals surface area contributed by atoms with Crippen molar-refractivity contribution in [3.63, 3.8) is 0 Å². The fraction of sp³-hybridized carbons (Fsp3) is 0.133. The molecule has 2 heterocycles. The van der Waals surface area contributed by atoms with Gasteiger partial charge in [0.15, 0.2) is 0 Å². The van der Waals surface area contributed by atoms with Crippen LogP contribution in [0.15, 0.2) is 52.8 Å². The first kappa shape index (κ1) is 15.0. The van der Waals surface area contributed by atoms with Crippen LogP contribution in [0, 0.1) is 11.3 Å². The number of tetrazole rings is 1. The second-order valence-corrected chi connectivity index (χ2v) is 5.30. The van der Waals surface area contributed by atoms with Crippen LogP contribution in [-0.4, -0.2) is 31.8 Å².